The van der Waals surface area contributed by atoms with Gasteiger partial charge in [-0.25, -0.2) is 4.79 Å². The van der Waals surface area contributed by atoms with Crippen molar-refractivity contribution in [1.29, 1.82) is 0 Å². The molecule has 6 aliphatic rings. The number of hydrogen-bond donors (Lipinski definition) is 4. The molecule has 0 unspecified atom stereocenters. The average molecular weight is 696 g/mol. The molecule has 7 nitrogen and oxygen atoms in total. The molecule has 7 rings (SSSR count). The number of carboxylic acid groups (broad SMARTS) is 1. The lowest BCUT2D eigenvalue weighted by Crippen LogP contribution is -2.69. The van der Waals surface area contributed by atoms with E-state index in [0.29, 0.717) is 57.6 Å². The predicted molar refractivity (Wildman–Crippen MR) is 202 cm³/mol. The van der Waals surface area contributed by atoms with Gasteiger partial charge < -0.3 is 15.3 Å². The number of benzene rings is 1. The van der Waals surface area contributed by atoms with Crippen molar-refractivity contribution in [1.82, 2.24) is 15.1 Å². The summed E-state index contributed by atoms with van der Waals surface area (Å²) in [7, 11) is 2.29. The minimum Gasteiger partial charge on any atom is -0.478 e. The number of carbonyl (C=O) groups is 1. The topological polar surface area (TPSA) is 96.3 Å². The molecule has 49 heavy (non-hydrogen) atoms. The molecule has 0 spiro atoms. The van der Waals surface area contributed by atoms with Crippen LogP contribution < -0.4 is 5.32 Å². The Kier molecular flexibility index (Phi) is 9.05. The SMILES string of the molecule is CN(C)[C@@H]1CC[C@]2(NCCN3CCS(O)(O)CC3)CC[C@]3(C)[C@H](CC[C@@H]4[C@@]5(C)CC=C(c6ccc(C(=O)O)cc6)C(C)(C)[C@@H]5CC[C@]43C)[C@@H]12. The first-order valence-corrected chi connectivity index (χ1v) is 21.3. The third kappa shape index (κ3) is 5.60. The van der Waals surface area contributed by atoms with E-state index in [0.717, 1.165) is 32.6 Å². The predicted octanol–water partition coefficient (Wildman–Crippen LogP) is 8.18. The first-order chi connectivity index (χ1) is 23.0. The second-order valence-electron chi connectivity index (χ2n) is 18.8. The van der Waals surface area contributed by atoms with Crippen molar-refractivity contribution in [2.45, 2.75) is 104 Å². The van der Waals surface area contributed by atoms with Crippen LogP contribution in [-0.2, 0) is 0 Å². The maximum absolute atomic E-state index is 11.6. The Balaban J connectivity index is 1.14. The maximum Gasteiger partial charge on any atom is 0.335 e. The van der Waals surface area contributed by atoms with Gasteiger partial charge in [-0.3, -0.25) is 14.0 Å². The third-order valence-corrected chi connectivity index (χ3v) is 18.1. The molecule has 0 aromatic heterocycles. The Morgan fingerprint density at radius 3 is 2.24 bits per heavy atom. The Hall–Kier alpha value is -1.42. The Morgan fingerprint density at radius 1 is 0.898 bits per heavy atom. The molecular weight excluding hydrogens is 631 g/mol. The van der Waals surface area contributed by atoms with Gasteiger partial charge in [0.05, 0.1) is 17.1 Å². The molecule has 1 aliphatic heterocycles. The quantitative estimate of drug-likeness (QED) is 0.229. The van der Waals surface area contributed by atoms with Crippen LogP contribution in [0.2, 0.25) is 0 Å². The molecule has 274 valence electrons. The van der Waals surface area contributed by atoms with Gasteiger partial charge in [-0.1, -0.05) is 52.8 Å². The number of carboxylic acids is 1. The van der Waals surface area contributed by atoms with Crippen molar-refractivity contribution in [2.24, 2.45) is 45.3 Å². The van der Waals surface area contributed by atoms with E-state index in [2.05, 4.69) is 69.9 Å². The smallest absolute Gasteiger partial charge is 0.335 e. The van der Waals surface area contributed by atoms with Crippen LogP contribution in [-0.4, -0.2) is 93.3 Å². The summed E-state index contributed by atoms with van der Waals surface area (Å²) >= 11 is 0. The summed E-state index contributed by atoms with van der Waals surface area (Å²) in [6.45, 7) is 16.6. The first-order valence-electron chi connectivity index (χ1n) is 19.4. The molecule has 0 bridgehead atoms. The molecule has 0 radical (unpaired) electrons. The van der Waals surface area contributed by atoms with Crippen molar-refractivity contribution >= 4 is 22.1 Å². The summed E-state index contributed by atoms with van der Waals surface area (Å²) in [6.07, 6.45) is 14.0. The van der Waals surface area contributed by atoms with Gasteiger partial charge in [0.1, 0.15) is 0 Å². The van der Waals surface area contributed by atoms with Crippen LogP contribution in [0.3, 0.4) is 0 Å². The molecule has 4 N–H and O–H groups in total. The molecule has 5 fully saturated rings. The number of nitrogens with one attached hydrogen (secondary N) is 1. The number of allylic oxidation sites excluding steroid dienone is 2. The van der Waals surface area contributed by atoms with Crippen LogP contribution in [0.15, 0.2) is 30.3 Å². The van der Waals surface area contributed by atoms with Gasteiger partial charge in [0, 0.05) is 37.8 Å². The van der Waals surface area contributed by atoms with Gasteiger partial charge in [0.2, 0.25) is 0 Å². The van der Waals surface area contributed by atoms with Crippen LogP contribution >= 0.6 is 10.6 Å². The van der Waals surface area contributed by atoms with Gasteiger partial charge in [0.15, 0.2) is 0 Å². The van der Waals surface area contributed by atoms with E-state index >= 15 is 0 Å². The summed E-state index contributed by atoms with van der Waals surface area (Å²) in [5.74, 6) is 2.84. The minimum atomic E-state index is -2.36. The number of hydrogen-bond acceptors (Lipinski definition) is 6. The molecule has 1 saturated heterocycles. The molecule has 8 heteroatoms. The zero-order chi connectivity index (χ0) is 35.2. The van der Waals surface area contributed by atoms with Gasteiger partial charge in [-0.15, -0.1) is 0 Å². The zero-order valence-corrected chi connectivity index (χ0v) is 32.2. The Labute approximate surface area is 298 Å². The van der Waals surface area contributed by atoms with Crippen LogP contribution in [0.5, 0.6) is 0 Å². The van der Waals surface area contributed by atoms with Crippen molar-refractivity contribution in [3.05, 3.63) is 41.5 Å². The number of aromatic carboxylic acids is 1. The number of nitrogens with zero attached hydrogens (tertiary/aromatic N) is 2. The zero-order valence-electron chi connectivity index (χ0n) is 31.4. The Bertz CT molecular complexity index is 1450. The van der Waals surface area contributed by atoms with E-state index in [1.807, 2.05) is 12.1 Å². The standard InChI is InChI=1S/C41H65N3O4S/c1-37(2)30(28-8-10-29(11-9-28)36(45)46)14-17-38(3)33(37)16-18-40(5)34(38)13-12-31-35-32(43(6)7)15-19-41(35,21-20-39(31,40)4)42-22-23-44-24-26-49(47,48)27-25-44/h8-11,14,31-35,42,47-48H,12-13,15-27H2,1-7H3,(H,45,46)/t31-,32-,33+,34-,35+,38+,39-,40-,41+/m1/s1. The van der Waals surface area contributed by atoms with Gasteiger partial charge in [0.25, 0.3) is 0 Å². The van der Waals surface area contributed by atoms with Gasteiger partial charge >= 0.3 is 5.97 Å². The highest BCUT2D eigenvalue weighted by Crippen LogP contribution is 2.76. The molecule has 5 aliphatic carbocycles. The lowest BCUT2D eigenvalue weighted by molar-refractivity contribution is -0.220. The maximum atomic E-state index is 11.6. The summed E-state index contributed by atoms with van der Waals surface area (Å²) in [5.41, 5.74) is 4.02. The van der Waals surface area contributed by atoms with Crippen molar-refractivity contribution in [2.75, 3.05) is 51.8 Å². The van der Waals surface area contributed by atoms with E-state index in [4.69, 9.17) is 0 Å². The van der Waals surface area contributed by atoms with Crippen molar-refractivity contribution in [3.63, 3.8) is 0 Å². The molecule has 1 aromatic rings. The summed E-state index contributed by atoms with van der Waals surface area (Å²) in [5, 5.41) is 13.7. The molecular formula is C41H65N3O4S. The fourth-order valence-corrected chi connectivity index (χ4v) is 15.1. The fourth-order valence-electron chi connectivity index (χ4n) is 13.8. The normalized spacial score (nSPS) is 43.5. The second-order valence-corrected chi connectivity index (χ2v) is 21.2. The van der Waals surface area contributed by atoms with E-state index in [-0.39, 0.29) is 16.4 Å². The lowest BCUT2D eigenvalue weighted by Gasteiger charge is -2.72. The lowest BCUT2D eigenvalue weighted by atomic mass is 9.33. The molecule has 1 heterocycles. The number of fused-ring (bicyclic) bond motifs is 7. The van der Waals surface area contributed by atoms with Crippen molar-refractivity contribution < 1.29 is 19.0 Å². The highest BCUT2D eigenvalue weighted by molar-refractivity contribution is 8.24. The first kappa shape index (κ1) is 36.0. The molecule has 9 atom stereocenters. The number of rotatable bonds is 7. The molecule has 0 amide bonds. The average Bonchev–Trinajstić information content (AvgIpc) is 3.42. The summed E-state index contributed by atoms with van der Waals surface area (Å²) in [6, 6.07) is 8.22. The summed E-state index contributed by atoms with van der Waals surface area (Å²) < 4.78 is 20.2. The molecule has 4 saturated carbocycles. The largest absolute Gasteiger partial charge is 0.478 e. The van der Waals surface area contributed by atoms with E-state index in [1.54, 1.807) is 12.1 Å². The van der Waals surface area contributed by atoms with Crippen LogP contribution in [0.25, 0.3) is 5.57 Å². The van der Waals surface area contributed by atoms with Crippen LogP contribution in [0.1, 0.15) is 108 Å². The molecule has 1 aromatic carbocycles. The monoisotopic (exact) mass is 695 g/mol. The summed E-state index contributed by atoms with van der Waals surface area (Å²) in [4.78, 5) is 16.5. The van der Waals surface area contributed by atoms with Crippen molar-refractivity contribution in [3.8, 4) is 0 Å². The second kappa shape index (κ2) is 12.3. The van der Waals surface area contributed by atoms with E-state index in [1.165, 1.54) is 62.5 Å². The van der Waals surface area contributed by atoms with E-state index in [9.17, 15) is 19.0 Å². The Morgan fingerprint density at radius 2 is 1.59 bits per heavy atom. The fraction of sp³-hybridized carbons (Fsp3) is 0.780. The van der Waals surface area contributed by atoms with Crippen LogP contribution in [0, 0.1) is 45.3 Å². The van der Waals surface area contributed by atoms with Gasteiger partial charge in [-0.05, 0) is 140 Å². The highest BCUT2D eigenvalue weighted by atomic mass is 32.3. The van der Waals surface area contributed by atoms with E-state index < -0.39 is 16.6 Å². The van der Waals surface area contributed by atoms with Crippen LogP contribution in [0.4, 0.5) is 0 Å². The van der Waals surface area contributed by atoms with Gasteiger partial charge in [-0.2, -0.15) is 10.6 Å². The highest BCUT2D eigenvalue weighted by Gasteiger charge is 2.70. The minimum absolute atomic E-state index is 0.0233. The third-order valence-electron chi connectivity index (χ3n) is 16.5.